The zero-order valence-electron chi connectivity index (χ0n) is 29.3. The predicted octanol–water partition coefficient (Wildman–Crippen LogP) is 3.36. The number of nitriles is 1. The van der Waals surface area contributed by atoms with Gasteiger partial charge in [0.1, 0.15) is 12.1 Å². The molecule has 262 valence electrons. The van der Waals surface area contributed by atoms with Crippen molar-refractivity contribution in [2.45, 2.75) is 123 Å². The Labute approximate surface area is 280 Å². The highest BCUT2D eigenvalue weighted by Crippen LogP contribution is 2.65. The molecule has 3 N–H and O–H groups in total. The SMILES string of the molecule is CC(C)(C)C(C=NC(=O)NC1(CS(=O)(=O)C(C)(C)C)CCCCC1)C(=O)N1C[C@H]2C([C@H]1C(=O)N[C@H](C#N)C[C@@H]1CCNC1=O)C2(C)C. The molecule has 4 rings (SSSR count). The van der Waals surface area contributed by atoms with E-state index in [2.05, 4.69) is 40.9 Å². The van der Waals surface area contributed by atoms with E-state index < -0.39 is 55.5 Å². The van der Waals surface area contributed by atoms with E-state index in [4.69, 9.17) is 0 Å². The molecule has 6 atom stereocenters. The van der Waals surface area contributed by atoms with Gasteiger partial charge in [0.2, 0.25) is 17.7 Å². The molecule has 0 aromatic rings. The van der Waals surface area contributed by atoms with Crippen LogP contribution < -0.4 is 16.0 Å². The largest absolute Gasteiger partial charge is 0.356 e. The summed E-state index contributed by atoms with van der Waals surface area (Å²) in [7, 11) is -3.53. The van der Waals surface area contributed by atoms with Gasteiger partial charge >= 0.3 is 6.03 Å². The van der Waals surface area contributed by atoms with E-state index in [-0.39, 0.29) is 47.2 Å². The first kappa shape index (κ1) is 36.8. The fraction of sp³-hybridized carbons (Fsp3) is 0.824. The Balaban J connectivity index is 1.52. The van der Waals surface area contributed by atoms with Crippen LogP contribution in [0.3, 0.4) is 0 Å². The number of nitrogens with zero attached hydrogens (tertiary/aromatic N) is 3. The molecule has 0 bridgehead atoms. The van der Waals surface area contributed by atoms with E-state index in [9.17, 15) is 32.9 Å². The van der Waals surface area contributed by atoms with Crippen molar-refractivity contribution in [3.05, 3.63) is 0 Å². The highest BCUT2D eigenvalue weighted by Gasteiger charge is 2.69. The van der Waals surface area contributed by atoms with Crippen molar-refractivity contribution in [3.63, 3.8) is 0 Å². The molecule has 2 saturated heterocycles. The van der Waals surface area contributed by atoms with Gasteiger partial charge in [0.15, 0.2) is 9.84 Å². The van der Waals surface area contributed by atoms with E-state index in [1.54, 1.807) is 25.7 Å². The molecule has 4 aliphatic rings. The highest BCUT2D eigenvalue weighted by molar-refractivity contribution is 7.92. The van der Waals surface area contributed by atoms with E-state index in [0.717, 1.165) is 19.3 Å². The zero-order chi connectivity index (χ0) is 35.2. The summed E-state index contributed by atoms with van der Waals surface area (Å²) in [5, 5.41) is 18.3. The molecule has 5 amide bonds. The van der Waals surface area contributed by atoms with E-state index in [1.165, 1.54) is 6.21 Å². The van der Waals surface area contributed by atoms with Gasteiger partial charge in [-0.15, -0.1) is 0 Å². The normalized spacial score (nSPS) is 28.1. The number of sulfone groups is 1. The lowest BCUT2D eigenvalue weighted by Gasteiger charge is -2.39. The van der Waals surface area contributed by atoms with Crippen molar-refractivity contribution in [2.24, 2.45) is 39.5 Å². The number of nitrogens with one attached hydrogen (secondary N) is 3. The van der Waals surface area contributed by atoms with Crippen molar-refractivity contribution < 1.29 is 27.6 Å². The molecular weight excluding hydrogens is 620 g/mol. The van der Waals surface area contributed by atoms with Gasteiger partial charge in [-0.1, -0.05) is 53.9 Å². The maximum absolute atomic E-state index is 14.3. The molecule has 12 nitrogen and oxygen atoms in total. The summed E-state index contributed by atoms with van der Waals surface area (Å²) in [4.78, 5) is 59.2. The molecule has 47 heavy (non-hydrogen) atoms. The molecule has 0 aromatic heterocycles. The Bertz CT molecular complexity index is 1430. The number of fused-ring (bicyclic) bond motifs is 1. The second-order valence-corrected chi connectivity index (χ2v) is 19.6. The van der Waals surface area contributed by atoms with Crippen LogP contribution in [0.2, 0.25) is 0 Å². The Kier molecular flexibility index (Phi) is 10.3. The second-order valence-electron chi connectivity index (χ2n) is 16.9. The number of aliphatic imine (C=N–C) groups is 1. The third kappa shape index (κ3) is 7.84. The van der Waals surface area contributed by atoms with E-state index in [1.807, 2.05) is 20.8 Å². The summed E-state index contributed by atoms with van der Waals surface area (Å²) >= 11 is 0. The molecule has 2 aliphatic carbocycles. The van der Waals surface area contributed by atoms with E-state index in [0.29, 0.717) is 32.4 Å². The molecule has 2 heterocycles. The minimum Gasteiger partial charge on any atom is -0.356 e. The third-order valence-electron chi connectivity index (χ3n) is 11.0. The van der Waals surface area contributed by atoms with Crippen LogP contribution in [-0.4, -0.2) is 84.5 Å². The molecule has 2 unspecified atom stereocenters. The van der Waals surface area contributed by atoms with Crippen LogP contribution in [0, 0.1) is 45.8 Å². The monoisotopic (exact) mass is 674 g/mol. The molecule has 0 spiro atoms. The number of amides is 5. The third-order valence-corrected chi connectivity index (χ3v) is 13.8. The van der Waals surface area contributed by atoms with Gasteiger partial charge in [-0.25, -0.2) is 18.2 Å². The summed E-state index contributed by atoms with van der Waals surface area (Å²) < 4.78 is 25.4. The number of hydrogen-bond acceptors (Lipinski definition) is 7. The van der Waals surface area contributed by atoms with Crippen LogP contribution in [0.15, 0.2) is 4.99 Å². The van der Waals surface area contributed by atoms with Gasteiger partial charge in [0.05, 0.1) is 28.0 Å². The van der Waals surface area contributed by atoms with Crippen molar-refractivity contribution in [3.8, 4) is 6.07 Å². The van der Waals surface area contributed by atoms with Crippen LogP contribution in [-0.2, 0) is 24.2 Å². The summed E-state index contributed by atoms with van der Waals surface area (Å²) in [5.41, 5.74) is -1.74. The van der Waals surface area contributed by atoms with Gasteiger partial charge < -0.3 is 20.9 Å². The lowest BCUT2D eigenvalue weighted by Crippen LogP contribution is -2.56. The predicted molar refractivity (Wildman–Crippen MR) is 179 cm³/mol. The summed E-state index contributed by atoms with van der Waals surface area (Å²) in [6, 6.07) is -0.236. The average molecular weight is 675 g/mol. The summed E-state index contributed by atoms with van der Waals surface area (Å²) in [6.45, 7) is 15.6. The van der Waals surface area contributed by atoms with Crippen molar-refractivity contribution in [1.29, 1.82) is 5.26 Å². The van der Waals surface area contributed by atoms with Crippen molar-refractivity contribution in [1.82, 2.24) is 20.9 Å². The number of carbonyl (C=O) groups excluding carboxylic acids is 4. The Hall–Kier alpha value is -3.01. The lowest BCUT2D eigenvalue weighted by atomic mass is 9.80. The van der Waals surface area contributed by atoms with Crippen molar-refractivity contribution >= 4 is 39.8 Å². The van der Waals surface area contributed by atoms with Gasteiger partial charge in [0, 0.05) is 25.2 Å². The van der Waals surface area contributed by atoms with Crippen molar-refractivity contribution in [2.75, 3.05) is 18.8 Å². The number of piperidine rings is 1. The summed E-state index contributed by atoms with van der Waals surface area (Å²) in [6.07, 6.45) is 5.77. The number of likely N-dealkylation sites (tertiary alicyclic amines) is 1. The first-order valence-electron chi connectivity index (χ1n) is 17.0. The lowest BCUT2D eigenvalue weighted by molar-refractivity contribution is -0.144. The van der Waals surface area contributed by atoms with Crippen LogP contribution in [0.4, 0.5) is 4.79 Å². The Morgan fingerprint density at radius 2 is 1.77 bits per heavy atom. The minimum absolute atomic E-state index is 0.0858. The van der Waals surface area contributed by atoms with Crippen LogP contribution in [0.25, 0.3) is 0 Å². The maximum Gasteiger partial charge on any atom is 0.341 e. The van der Waals surface area contributed by atoms with Gasteiger partial charge in [-0.05, 0) is 69.1 Å². The number of carbonyl (C=O) groups is 4. The number of rotatable bonds is 9. The molecular formula is C34H54N6O6S. The number of hydrogen-bond donors (Lipinski definition) is 3. The van der Waals surface area contributed by atoms with Gasteiger partial charge in [0.25, 0.3) is 0 Å². The quantitative estimate of drug-likeness (QED) is 0.314. The number of urea groups is 1. The molecule has 2 saturated carbocycles. The topological polar surface area (TPSA) is 178 Å². The van der Waals surface area contributed by atoms with Crippen LogP contribution >= 0.6 is 0 Å². The maximum atomic E-state index is 14.3. The Morgan fingerprint density at radius 1 is 1.13 bits per heavy atom. The molecule has 2 aliphatic heterocycles. The minimum atomic E-state index is -3.53. The second kappa shape index (κ2) is 13.1. The molecule has 13 heteroatoms. The first-order valence-corrected chi connectivity index (χ1v) is 18.7. The Morgan fingerprint density at radius 3 is 2.30 bits per heavy atom. The molecule has 0 aromatic carbocycles. The summed E-state index contributed by atoms with van der Waals surface area (Å²) in [5.74, 6) is -2.21. The standard InChI is InChI=1S/C34H54N6O6S/c1-31(2,3)23(18-37-30(44)39-34(13-10-9-11-14-34)20-47(45,46)32(4,5)6)29(43)40-19-24-25(33(24,7)8)26(40)28(42)38-22(17-35)16-21-12-15-36-27(21)41/h18,21-26H,9-16,19-20H2,1-8H3,(H,36,41)(H,38,42)(H,39,44)/t21-,22-,23?,24-,25?,26-/m0/s1. The van der Waals surface area contributed by atoms with Gasteiger partial charge in [-0.3, -0.25) is 14.4 Å². The first-order chi connectivity index (χ1) is 21.6. The molecule has 0 radical (unpaired) electrons. The van der Waals surface area contributed by atoms with Crippen LogP contribution in [0.1, 0.15) is 100 Å². The van der Waals surface area contributed by atoms with E-state index >= 15 is 0 Å². The van der Waals surface area contributed by atoms with Crippen LogP contribution in [0.5, 0.6) is 0 Å². The smallest absolute Gasteiger partial charge is 0.341 e. The molecule has 4 fully saturated rings. The fourth-order valence-electron chi connectivity index (χ4n) is 7.72. The fourth-order valence-corrected chi connectivity index (χ4v) is 9.24. The zero-order valence-corrected chi connectivity index (χ0v) is 30.1. The average Bonchev–Trinajstić information content (AvgIpc) is 3.28. The van der Waals surface area contributed by atoms with Gasteiger partial charge in [-0.2, -0.15) is 5.26 Å². The highest BCUT2D eigenvalue weighted by atomic mass is 32.2.